The number of benzene rings is 2. The van der Waals surface area contributed by atoms with E-state index in [0.717, 1.165) is 22.5 Å². The van der Waals surface area contributed by atoms with Crippen LogP contribution in [0.25, 0.3) is 22.0 Å². The van der Waals surface area contributed by atoms with Crippen molar-refractivity contribution >= 4 is 10.9 Å². The molecule has 2 aromatic carbocycles. The molecule has 17 heavy (non-hydrogen) atoms. The van der Waals surface area contributed by atoms with Crippen LogP contribution in [0.15, 0.2) is 48.7 Å². The summed E-state index contributed by atoms with van der Waals surface area (Å²) in [5, 5.41) is 10.2. The zero-order valence-corrected chi connectivity index (χ0v) is 8.94. The van der Waals surface area contributed by atoms with Crippen molar-refractivity contribution in [1.29, 1.82) is 0 Å². The number of phenols is 1. The van der Waals surface area contributed by atoms with Crippen LogP contribution in [0.4, 0.5) is 4.39 Å². The Morgan fingerprint density at radius 1 is 1.00 bits per heavy atom. The lowest BCUT2D eigenvalue weighted by molar-refractivity contribution is 0.469. The maximum Gasteiger partial charge on any atom is 0.134 e. The van der Waals surface area contributed by atoms with Gasteiger partial charge in [0.1, 0.15) is 11.6 Å². The number of phenolic OH excluding ortho intramolecular Hbond substituents is 1. The van der Waals surface area contributed by atoms with Gasteiger partial charge in [-0.1, -0.05) is 18.2 Å². The molecular weight excluding hydrogens is 217 g/mol. The molecule has 0 saturated heterocycles. The number of aromatic amines is 1. The second-order valence-electron chi connectivity index (χ2n) is 3.91. The van der Waals surface area contributed by atoms with Crippen molar-refractivity contribution in [2.24, 2.45) is 0 Å². The van der Waals surface area contributed by atoms with Crippen LogP contribution in [-0.4, -0.2) is 10.1 Å². The molecule has 0 aliphatic heterocycles. The van der Waals surface area contributed by atoms with E-state index in [-0.39, 0.29) is 5.75 Å². The molecule has 1 aromatic heterocycles. The first-order chi connectivity index (χ1) is 8.25. The predicted octanol–water partition coefficient (Wildman–Crippen LogP) is 3.68. The topological polar surface area (TPSA) is 36.0 Å². The molecule has 0 amide bonds. The molecule has 0 radical (unpaired) electrons. The molecule has 2 nitrogen and oxygen atoms in total. The highest BCUT2D eigenvalue weighted by Gasteiger charge is 2.10. The second-order valence-corrected chi connectivity index (χ2v) is 3.91. The number of nitrogens with one attached hydrogen (secondary N) is 1. The molecule has 0 unspecified atom stereocenters. The van der Waals surface area contributed by atoms with Gasteiger partial charge >= 0.3 is 0 Å². The molecule has 3 aromatic rings. The van der Waals surface area contributed by atoms with Gasteiger partial charge in [-0.05, 0) is 18.2 Å². The monoisotopic (exact) mass is 227 g/mol. The van der Waals surface area contributed by atoms with E-state index in [9.17, 15) is 9.50 Å². The summed E-state index contributed by atoms with van der Waals surface area (Å²) in [6, 6.07) is 11.9. The molecule has 0 aliphatic rings. The first-order valence-corrected chi connectivity index (χ1v) is 5.31. The lowest BCUT2D eigenvalue weighted by Crippen LogP contribution is -1.82. The highest BCUT2D eigenvalue weighted by molar-refractivity contribution is 5.95. The maximum absolute atomic E-state index is 13.8. The molecule has 3 heteroatoms. The third-order valence-corrected chi connectivity index (χ3v) is 2.83. The standard InChI is InChI=1S/C14H10FNO/c15-13-7-9(17)5-6-10(13)12-8-16-14-4-2-1-3-11(12)14/h1-8,16-17H. The van der Waals surface area contributed by atoms with Crippen molar-refractivity contribution in [3.05, 3.63) is 54.5 Å². The summed E-state index contributed by atoms with van der Waals surface area (Å²) in [4.78, 5) is 3.10. The van der Waals surface area contributed by atoms with Gasteiger partial charge in [-0.3, -0.25) is 0 Å². The summed E-state index contributed by atoms with van der Waals surface area (Å²) >= 11 is 0. The fourth-order valence-corrected chi connectivity index (χ4v) is 2.02. The molecule has 0 fully saturated rings. The number of hydrogen-bond acceptors (Lipinski definition) is 1. The summed E-state index contributed by atoms with van der Waals surface area (Å²) in [6.07, 6.45) is 1.78. The normalized spacial score (nSPS) is 10.9. The van der Waals surface area contributed by atoms with E-state index in [1.807, 2.05) is 24.3 Å². The van der Waals surface area contributed by atoms with E-state index in [0.29, 0.717) is 5.56 Å². The third-order valence-electron chi connectivity index (χ3n) is 2.83. The van der Waals surface area contributed by atoms with E-state index in [1.165, 1.54) is 6.07 Å². The molecule has 0 aliphatic carbocycles. The summed E-state index contributed by atoms with van der Waals surface area (Å²) in [6.45, 7) is 0. The Labute approximate surface area is 97.3 Å². The summed E-state index contributed by atoms with van der Waals surface area (Å²) < 4.78 is 13.8. The summed E-state index contributed by atoms with van der Waals surface area (Å²) in [5.41, 5.74) is 2.26. The first kappa shape index (κ1) is 9.90. The van der Waals surface area contributed by atoms with Crippen LogP contribution >= 0.6 is 0 Å². The molecule has 3 rings (SSSR count). The summed E-state index contributed by atoms with van der Waals surface area (Å²) in [7, 11) is 0. The Balaban J connectivity index is 2.27. The van der Waals surface area contributed by atoms with Crippen molar-refractivity contribution < 1.29 is 9.50 Å². The van der Waals surface area contributed by atoms with Gasteiger partial charge < -0.3 is 10.1 Å². The van der Waals surface area contributed by atoms with Crippen molar-refractivity contribution in [2.75, 3.05) is 0 Å². The largest absolute Gasteiger partial charge is 0.508 e. The molecule has 0 spiro atoms. The second kappa shape index (κ2) is 3.63. The molecule has 2 N–H and O–H groups in total. The van der Waals surface area contributed by atoms with Crippen molar-refractivity contribution in [1.82, 2.24) is 4.98 Å². The van der Waals surface area contributed by atoms with Crippen molar-refractivity contribution in [3.8, 4) is 16.9 Å². The fourth-order valence-electron chi connectivity index (χ4n) is 2.02. The quantitative estimate of drug-likeness (QED) is 0.653. The van der Waals surface area contributed by atoms with E-state index in [1.54, 1.807) is 12.3 Å². The van der Waals surface area contributed by atoms with Gasteiger partial charge in [-0.2, -0.15) is 0 Å². The highest BCUT2D eigenvalue weighted by Crippen LogP contribution is 2.31. The molecule has 0 atom stereocenters. The van der Waals surface area contributed by atoms with Gasteiger partial charge in [0.2, 0.25) is 0 Å². The summed E-state index contributed by atoms with van der Waals surface area (Å²) in [5.74, 6) is -0.485. The number of aromatic nitrogens is 1. The van der Waals surface area contributed by atoms with Gasteiger partial charge in [0.05, 0.1) is 0 Å². The van der Waals surface area contributed by atoms with Gasteiger partial charge in [0.15, 0.2) is 0 Å². The molecular formula is C14H10FNO. The van der Waals surface area contributed by atoms with E-state index in [2.05, 4.69) is 4.98 Å². The minimum atomic E-state index is -0.422. The Hall–Kier alpha value is -2.29. The predicted molar refractivity (Wildman–Crippen MR) is 65.4 cm³/mol. The van der Waals surface area contributed by atoms with Crippen LogP contribution in [0.5, 0.6) is 5.75 Å². The zero-order valence-electron chi connectivity index (χ0n) is 8.94. The zero-order chi connectivity index (χ0) is 11.8. The van der Waals surface area contributed by atoms with Crippen LogP contribution < -0.4 is 0 Å². The van der Waals surface area contributed by atoms with Crippen molar-refractivity contribution in [2.45, 2.75) is 0 Å². The highest BCUT2D eigenvalue weighted by atomic mass is 19.1. The minimum Gasteiger partial charge on any atom is -0.508 e. The van der Waals surface area contributed by atoms with Gasteiger partial charge in [-0.15, -0.1) is 0 Å². The smallest absolute Gasteiger partial charge is 0.134 e. The maximum atomic E-state index is 13.8. The average molecular weight is 227 g/mol. The average Bonchev–Trinajstić information content (AvgIpc) is 2.73. The van der Waals surface area contributed by atoms with Crippen LogP contribution in [0.1, 0.15) is 0 Å². The first-order valence-electron chi connectivity index (χ1n) is 5.31. The van der Waals surface area contributed by atoms with Crippen LogP contribution in [-0.2, 0) is 0 Å². The Morgan fingerprint density at radius 2 is 1.82 bits per heavy atom. The lowest BCUT2D eigenvalue weighted by Gasteiger charge is -2.02. The Bertz CT molecular complexity index is 688. The number of aromatic hydroxyl groups is 1. The van der Waals surface area contributed by atoms with Gasteiger partial charge in [0, 0.05) is 34.3 Å². The molecule has 0 saturated carbocycles. The number of hydrogen-bond donors (Lipinski definition) is 2. The number of rotatable bonds is 1. The molecule has 84 valence electrons. The lowest BCUT2D eigenvalue weighted by atomic mass is 10.0. The number of halogens is 1. The van der Waals surface area contributed by atoms with Gasteiger partial charge in [0.25, 0.3) is 0 Å². The molecule has 0 bridgehead atoms. The number of para-hydroxylation sites is 1. The Kier molecular flexibility index (Phi) is 2.11. The van der Waals surface area contributed by atoms with Crippen LogP contribution in [0.2, 0.25) is 0 Å². The van der Waals surface area contributed by atoms with E-state index in [4.69, 9.17) is 0 Å². The van der Waals surface area contributed by atoms with E-state index < -0.39 is 5.82 Å². The molecule has 1 heterocycles. The third kappa shape index (κ3) is 1.56. The van der Waals surface area contributed by atoms with Crippen molar-refractivity contribution in [3.63, 3.8) is 0 Å². The Morgan fingerprint density at radius 3 is 2.65 bits per heavy atom. The fraction of sp³-hybridized carbons (Fsp3) is 0. The number of H-pyrrole nitrogens is 1. The minimum absolute atomic E-state index is 0.0638. The van der Waals surface area contributed by atoms with Crippen LogP contribution in [0, 0.1) is 5.82 Å². The van der Waals surface area contributed by atoms with Crippen LogP contribution in [0.3, 0.4) is 0 Å². The number of fused-ring (bicyclic) bond motifs is 1. The van der Waals surface area contributed by atoms with Gasteiger partial charge in [-0.25, -0.2) is 4.39 Å². The SMILES string of the molecule is Oc1ccc(-c2c[nH]c3ccccc23)c(F)c1. The van der Waals surface area contributed by atoms with E-state index >= 15 is 0 Å².